The van der Waals surface area contributed by atoms with Crippen molar-refractivity contribution in [3.63, 3.8) is 0 Å². The van der Waals surface area contributed by atoms with Crippen LogP contribution in [0.3, 0.4) is 0 Å². The topological polar surface area (TPSA) is 46.2 Å². The van der Waals surface area contributed by atoms with Crippen LogP contribution in [-0.4, -0.2) is 23.0 Å². The number of hydrogen-bond acceptors (Lipinski definition) is 2. The van der Waals surface area contributed by atoms with Crippen molar-refractivity contribution in [1.29, 1.82) is 0 Å². The lowest BCUT2D eigenvalue weighted by Crippen LogP contribution is -2.35. The first-order valence-corrected chi connectivity index (χ1v) is 12.8. The van der Waals surface area contributed by atoms with E-state index in [0.717, 1.165) is 21.5 Å². The van der Waals surface area contributed by atoms with Gasteiger partial charge in [-0.3, -0.25) is 9.59 Å². The SMILES string of the molecule is O=C1NC(Cc2ccccc2)C(=O)C1=P(c1ccccc1)(c1ccccc1)c1ccccc1. The molecule has 1 amide bonds. The Bertz CT molecular complexity index is 1230. The number of nitrogens with one attached hydrogen (secondary N) is 1. The molecule has 1 atom stereocenters. The summed E-state index contributed by atoms with van der Waals surface area (Å²) in [4.78, 5) is 27.6. The van der Waals surface area contributed by atoms with E-state index in [4.69, 9.17) is 0 Å². The van der Waals surface area contributed by atoms with Crippen molar-refractivity contribution in [3.05, 3.63) is 127 Å². The van der Waals surface area contributed by atoms with E-state index in [9.17, 15) is 9.59 Å². The quantitative estimate of drug-likeness (QED) is 0.475. The third-order valence-corrected chi connectivity index (χ3v) is 10.4. The highest BCUT2D eigenvalue weighted by Gasteiger charge is 2.44. The lowest BCUT2D eigenvalue weighted by Gasteiger charge is -2.30. The number of hydrogen-bond donors (Lipinski definition) is 1. The van der Waals surface area contributed by atoms with Crippen molar-refractivity contribution in [2.45, 2.75) is 12.5 Å². The van der Waals surface area contributed by atoms with Crippen molar-refractivity contribution in [1.82, 2.24) is 5.32 Å². The van der Waals surface area contributed by atoms with Gasteiger partial charge in [-0.25, -0.2) is 0 Å². The second kappa shape index (κ2) is 9.05. The first-order valence-electron chi connectivity index (χ1n) is 11.0. The molecular formula is C29H24NO2P. The van der Waals surface area contributed by atoms with Gasteiger partial charge >= 0.3 is 0 Å². The van der Waals surface area contributed by atoms with E-state index < -0.39 is 12.9 Å². The maximum Gasteiger partial charge on any atom is 0.256 e. The second-order valence-corrected chi connectivity index (χ2v) is 11.4. The molecule has 1 aliphatic heterocycles. The van der Waals surface area contributed by atoms with Gasteiger partial charge in [-0.2, -0.15) is 0 Å². The summed E-state index contributed by atoms with van der Waals surface area (Å²) < 4.78 is 0. The Labute approximate surface area is 194 Å². The number of amides is 1. The summed E-state index contributed by atoms with van der Waals surface area (Å²) in [7, 11) is 0. The summed E-state index contributed by atoms with van der Waals surface area (Å²) >= 11 is 0. The van der Waals surface area contributed by atoms with E-state index in [1.165, 1.54) is 0 Å². The lowest BCUT2D eigenvalue weighted by molar-refractivity contribution is -0.115. The van der Waals surface area contributed by atoms with E-state index in [2.05, 4.69) is 5.32 Å². The van der Waals surface area contributed by atoms with E-state index in [1.54, 1.807) is 0 Å². The predicted octanol–water partition coefficient (Wildman–Crippen LogP) is 3.46. The third kappa shape index (κ3) is 3.75. The fourth-order valence-corrected chi connectivity index (χ4v) is 9.05. The standard InChI is InChI=1S/C29H24NO2P/c31-27-26(21-22-13-5-1-6-14-22)30-29(32)28(27)33(23-15-7-2-8-16-23,24-17-9-3-10-18-24)25-19-11-4-12-20-25/h1-20,26H,21H2,(H,30,32). The molecule has 1 saturated heterocycles. The Hall–Kier alpha value is -3.68. The summed E-state index contributed by atoms with van der Waals surface area (Å²) in [6.07, 6.45) is 0.479. The molecule has 0 spiro atoms. The van der Waals surface area contributed by atoms with E-state index in [-0.39, 0.29) is 11.7 Å². The van der Waals surface area contributed by atoms with Crippen LogP contribution in [-0.2, 0) is 16.0 Å². The average molecular weight is 449 g/mol. The smallest absolute Gasteiger partial charge is 0.256 e. The molecule has 4 heteroatoms. The summed E-state index contributed by atoms with van der Waals surface area (Å²) in [6.45, 7) is -2.70. The monoisotopic (exact) mass is 449 g/mol. The van der Waals surface area contributed by atoms with Gasteiger partial charge in [0, 0.05) is 6.42 Å². The molecule has 4 aromatic rings. The highest BCUT2D eigenvalue weighted by Crippen LogP contribution is 2.47. The Morgan fingerprint density at radius 2 is 0.970 bits per heavy atom. The minimum atomic E-state index is -2.70. The van der Waals surface area contributed by atoms with Crippen LogP contribution in [0, 0.1) is 0 Å². The van der Waals surface area contributed by atoms with Crippen LogP contribution in [0.2, 0.25) is 0 Å². The third-order valence-electron chi connectivity index (χ3n) is 6.12. The maximum absolute atomic E-state index is 14.0. The zero-order valence-electron chi connectivity index (χ0n) is 18.1. The molecular weight excluding hydrogens is 425 g/mol. The van der Waals surface area contributed by atoms with Crippen molar-refractivity contribution in [2.75, 3.05) is 0 Å². The molecule has 1 unspecified atom stereocenters. The van der Waals surface area contributed by atoms with Gasteiger partial charge in [-0.1, -0.05) is 121 Å². The molecule has 1 aliphatic rings. The molecule has 1 fully saturated rings. The molecule has 0 bridgehead atoms. The number of carbonyl (C=O) groups excluding carboxylic acids is 2. The molecule has 162 valence electrons. The number of ketones is 1. The summed E-state index contributed by atoms with van der Waals surface area (Å²) in [5.41, 5.74) is 1.03. The Morgan fingerprint density at radius 1 is 0.576 bits per heavy atom. The molecule has 0 aromatic heterocycles. The first kappa shape index (κ1) is 21.2. The Kier molecular flexibility index (Phi) is 5.81. The Balaban J connectivity index is 1.82. The number of rotatable bonds is 5. The van der Waals surface area contributed by atoms with Gasteiger partial charge in [0.25, 0.3) is 5.91 Å². The number of carbonyl (C=O) groups is 2. The van der Waals surface area contributed by atoms with Gasteiger partial charge < -0.3 is 5.32 Å². The minimum Gasteiger partial charge on any atom is -0.341 e. The highest BCUT2D eigenvalue weighted by atomic mass is 31.2. The van der Waals surface area contributed by atoms with E-state index >= 15 is 0 Å². The van der Waals surface area contributed by atoms with Crippen molar-refractivity contribution in [2.24, 2.45) is 0 Å². The molecule has 0 saturated carbocycles. The molecule has 1 N–H and O–H groups in total. The van der Waals surface area contributed by atoms with Crippen molar-refractivity contribution >= 4 is 39.8 Å². The van der Waals surface area contributed by atoms with Crippen LogP contribution in [0.25, 0.3) is 0 Å². The summed E-state index contributed by atoms with van der Waals surface area (Å²) in [5.74, 6) is -0.362. The molecule has 0 radical (unpaired) electrons. The lowest BCUT2D eigenvalue weighted by atomic mass is 10.0. The summed E-state index contributed by atoms with van der Waals surface area (Å²) in [5, 5.41) is 6.40. The van der Waals surface area contributed by atoms with Gasteiger partial charge in [0.15, 0.2) is 5.78 Å². The molecule has 3 nitrogen and oxygen atoms in total. The molecule has 4 aromatic carbocycles. The first-order chi connectivity index (χ1) is 16.2. The summed E-state index contributed by atoms with van der Waals surface area (Å²) in [6, 6.07) is 39.4. The van der Waals surface area contributed by atoms with Crippen molar-refractivity contribution in [3.8, 4) is 0 Å². The average Bonchev–Trinajstić information content (AvgIpc) is 3.15. The van der Waals surface area contributed by atoms with Crippen LogP contribution in [0.5, 0.6) is 0 Å². The van der Waals surface area contributed by atoms with Crippen LogP contribution in [0.1, 0.15) is 5.56 Å². The minimum absolute atomic E-state index is 0.103. The zero-order chi connectivity index (χ0) is 22.7. The van der Waals surface area contributed by atoms with Gasteiger partial charge in [-0.05, 0) is 28.4 Å². The maximum atomic E-state index is 14.0. The van der Waals surface area contributed by atoms with E-state index in [1.807, 2.05) is 121 Å². The molecule has 5 rings (SSSR count). The molecule has 1 heterocycles. The van der Waals surface area contributed by atoms with Crippen LogP contribution in [0.4, 0.5) is 0 Å². The largest absolute Gasteiger partial charge is 0.341 e. The van der Waals surface area contributed by atoms with Gasteiger partial charge in [0.2, 0.25) is 0 Å². The predicted molar refractivity (Wildman–Crippen MR) is 137 cm³/mol. The fraction of sp³-hybridized carbons (Fsp3) is 0.0690. The normalized spacial score (nSPS) is 16.0. The fourth-order valence-electron chi connectivity index (χ4n) is 4.67. The van der Waals surface area contributed by atoms with Gasteiger partial charge in [0.1, 0.15) is 0 Å². The van der Waals surface area contributed by atoms with Crippen LogP contribution in [0.15, 0.2) is 121 Å². The van der Waals surface area contributed by atoms with Crippen LogP contribution >= 0.6 is 6.89 Å². The zero-order valence-corrected chi connectivity index (χ0v) is 19.0. The molecule has 33 heavy (non-hydrogen) atoms. The van der Waals surface area contributed by atoms with Crippen molar-refractivity contribution < 1.29 is 9.59 Å². The Morgan fingerprint density at radius 3 is 1.39 bits per heavy atom. The van der Waals surface area contributed by atoms with E-state index in [0.29, 0.717) is 11.7 Å². The molecule has 0 aliphatic carbocycles. The van der Waals surface area contributed by atoms with Gasteiger partial charge in [0.05, 0.1) is 11.3 Å². The van der Waals surface area contributed by atoms with Crippen LogP contribution < -0.4 is 21.2 Å². The highest BCUT2D eigenvalue weighted by molar-refractivity contribution is 7.97. The second-order valence-electron chi connectivity index (χ2n) is 8.11. The van der Waals surface area contributed by atoms with Gasteiger partial charge in [-0.15, -0.1) is 0 Å². The number of Topliss-reactive ketones (excluding diaryl/α,β-unsaturated/α-hetero) is 1. The number of benzene rings is 4.